The van der Waals surface area contributed by atoms with Crippen molar-refractivity contribution in [2.45, 2.75) is 12.5 Å². The summed E-state index contributed by atoms with van der Waals surface area (Å²) in [5.41, 5.74) is 13.1. The Hall–Kier alpha value is -3.26. The molecule has 6 N–H and O–H groups in total. The van der Waals surface area contributed by atoms with Crippen LogP contribution in [0.3, 0.4) is 0 Å². The van der Waals surface area contributed by atoms with Crippen LogP contribution in [0.25, 0.3) is 11.3 Å². The van der Waals surface area contributed by atoms with Gasteiger partial charge in [-0.2, -0.15) is 0 Å². The molecule has 0 aliphatic rings. The number of nitrogens with zero attached hydrogens (tertiary/aromatic N) is 1. The molecule has 8 nitrogen and oxygen atoms in total. The van der Waals surface area contributed by atoms with Crippen LogP contribution in [0.15, 0.2) is 47.8 Å². The van der Waals surface area contributed by atoms with Crippen molar-refractivity contribution in [1.29, 1.82) is 0 Å². The number of hydrogen-bond donors (Lipinski definition) is 4. The van der Waals surface area contributed by atoms with E-state index in [0.29, 0.717) is 21.4 Å². The predicted octanol–water partition coefficient (Wildman–Crippen LogP) is 3.78. The van der Waals surface area contributed by atoms with Crippen LogP contribution in [0.2, 0.25) is 5.02 Å². The van der Waals surface area contributed by atoms with Crippen LogP contribution in [-0.4, -0.2) is 34.8 Å². The molecule has 0 aliphatic heterocycles. The zero-order valence-electron chi connectivity index (χ0n) is 16.7. The van der Waals surface area contributed by atoms with E-state index in [1.165, 1.54) is 17.4 Å². The first-order valence-electron chi connectivity index (χ1n) is 9.24. The second-order valence-electron chi connectivity index (χ2n) is 6.68. The second kappa shape index (κ2) is 10.4. The molecule has 164 valence electrons. The molecule has 32 heavy (non-hydrogen) atoms. The molecule has 3 aromatic rings. The molecule has 2 aromatic carbocycles. The van der Waals surface area contributed by atoms with E-state index >= 15 is 0 Å². The van der Waals surface area contributed by atoms with Gasteiger partial charge in [-0.05, 0) is 38.0 Å². The van der Waals surface area contributed by atoms with E-state index in [9.17, 15) is 14.4 Å². The van der Waals surface area contributed by atoms with Gasteiger partial charge in [0.15, 0.2) is 5.13 Å². The zero-order chi connectivity index (χ0) is 23.3. The zero-order valence-corrected chi connectivity index (χ0v) is 19.1. The van der Waals surface area contributed by atoms with Gasteiger partial charge in [-0.3, -0.25) is 14.4 Å². The summed E-state index contributed by atoms with van der Waals surface area (Å²) in [4.78, 5) is 41.2. The number of thiazole rings is 1. The first kappa shape index (κ1) is 23.4. The average molecular weight is 488 g/mol. The number of benzene rings is 2. The smallest absolute Gasteiger partial charge is 0.269 e. The Morgan fingerprint density at radius 1 is 1.22 bits per heavy atom. The number of halogens is 1. The number of rotatable bonds is 8. The number of carbonyl (C=O) groups excluding carboxylic acids is 3. The average Bonchev–Trinajstić information content (AvgIpc) is 3.19. The lowest BCUT2D eigenvalue weighted by molar-refractivity contribution is -0.117. The van der Waals surface area contributed by atoms with Gasteiger partial charge in [0.25, 0.3) is 11.6 Å². The number of nitrogens with two attached hydrogens (primary N) is 2. The molecule has 3 rings (SSSR count). The van der Waals surface area contributed by atoms with Crippen molar-refractivity contribution in [3.05, 3.63) is 64.0 Å². The highest BCUT2D eigenvalue weighted by Gasteiger charge is 2.23. The Kier molecular flexibility index (Phi) is 7.58. The molecule has 0 saturated carbocycles. The van der Waals surface area contributed by atoms with E-state index < -0.39 is 23.5 Å². The van der Waals surface area contributed by atoms with Crippen LogP contribution in [0.4, 0.5) is 15.6 Å². The molecular weight excluding hydrogens is 469 g/mol. The molecule has 0 spiro atoms. The van der Waals surface area contributed by atoms with Crippen LogP contribution in [-0.2, 0) is 11.2 Å². The summed E-state index contributed by atoms with van der Waals surface area (Å²) in [6, 6.07) is 10.8. The minimum atomic E-state index is -0.922. The van der Waals surface area contributed by atoms with Crippen LogP contribution in [0.1, 0.15) is 15.9 Å². The van der Waals surface area contributed by atoms with Crippen LogP contribution < -0.4 is 22.1 Å². The van der Waals surface area contributed by atoms with Gasteiger partial charge in [-0.1, -0.05) is 36.1 Å². The lowest BCUT2D eigenvalue weighted by atomic mass is 10.0. The molecule has 11 heteroatoms. The number of nitrogens with one attached hydrogen (secondary N) is 2. The minimum Gasteiger partial charge on any atom is -0.375 e. The van der Waals surface area contributed by atoms with Gasteiger partial charge < -0.3 is 22.1 Å². The lowest BCUT2D eigenvalue weighted by Crippen LogP contribution is -2.43. The Balaban J connectivity index is 1.87. The van der Waals surface area contributed by atoms with Gasteiger partial charge in [0.2, 0.25) is 5.91 Å². The summed E-state index contributed by atoms with van der Waals surface area (Å²) in [5, 5.41) is 7.98. The third-order valence-electron chi connectivity index (χ3n) is 4.45. The molecule has 0 saturated heterocycles. The Morgan fingerprint density at radius 3 is 2.62 bits per heavy atom. The summed E-state index contributed by atoms with van der Waals surface area (Å²) >= 11 is 7.30. The highest BCUT2D eigenvalue weighted by atomic mass is 35.5. The number of amides is 3. The summed E-state index contributed by atoms with van der Waals surface area (Å²) < 4.78 is 0. The van der Waals surface area contributed by atoms with Crippen LogP contribution in [0, 0.1) is 0 Å². The molecule has 0 radical (unpaired) electrons. The molecule has 0 fully saturated rings. The fourth-order valence-electron chi connectivity index (χ4n) is 2.96. The van der Waals surface area contributed by atoms with E-state index in [4.69, 9.17) is 23.1 Å². The predicted molar refractivity (Wildman–Crippen MR) is 131 cm³/mol. The first-order valence-corrected chi connectivity index (χ1v) is 11.6. The fourth-order valence-corrected chi connectivity index (χ4v) is 3.99. The van der Waals surface area contributed by atoms with Gasteiger partial charge in [-0.15, -0.1) is 11.3 Å². The Bertz CT molecular complexity index is 1200. The third-order valence-corrected chi connectivity index (χ3v) is 5.77. The van der Waals surface area contributed by atoms with Crippen molar-refractivity contribution in [2.24, 2.45) is 5.73 Å². The Labute approximate surface area is 194 Å². The van der Waals surface area contributed by atoms with Crippen molar-refractivity contribution in [2.75, 3.05) is 11.1 Å². The van der Waals surface area contributed by atoms with E-state index in [1.807, 2.05) is 0 Å². The van der Waals surface area contributed by atoms with Crippen LogP contribution in [0.5, 0.6) is 0 Å². The molecule has 1 unspecified atom stereocenters. The normalized spacial score (nSPS) is 11.7. The van der Waals surface area contributed by atoms with E-state index in [2.05, 4.69) is 21.9 Å². The van der Waals surface area contributed by atoms with Gasteiger partial charge in [0.05, 0.1) is 16.9 Å². The van der Waals surface area contributed by atoms with Crippen molar-refractivity contribution in [1.82, 2.24) is 10.3 Å². The maximum atomic E-state index is 13.0. The maximum absolute atomic E-state index is 13.0. The number of aromatic nitrogens is 1. The van der Waals surface area contributed by atoms with E-state index in [1.54, 1.807) is 41.8 Å². The van der Waals surface area contributed by atoms with Gasteiger partial charge >= 0.3 is 0 Å². The van der Waals surface area contributed by atoms with Crippen molar-refractivity contribution >= 4 is 65.7 Å². The summed E-state index contributed by atoms with van der Waals surface area (Å²) in [6.07, 6.45) is 3.70. The van der Waals surface area contributed by atoms with Crippen molar-refractivity contribution in [3.8, 4) is 11.3 Å². The molecule has 1 atom stereocenters. The van der Waals surface area contributed by atoms with Crippen LogP contribution >= 0.6 is 31.1 Å². The highest BCUT2D eigenvalue weighted by Crippen LogP contribution is 2.27. The molecule has 1 aromatic heterocycles. The summed E-state index contributed by atoms with van der Waals surface area (Å²) in [5.74, 6) is -1.24. The lowest BCUT2D eigenvalue weighted by Gasteiger charge is -2.19. The highest BCUT2D eigenvalue weighted by molar-refractivity contribution is 7.55. The minimum absolute atomic E-state index is 0.102. The largest absolute Gasteiger partial charge is 0.375 e. The number of nitrogen functional groups attached to an aromatic ring is 1. The molecule has 0 aliphatic carbocycles. The summed E-state index contributed by atoms with van der Waals surface area (Å²) in [6.45, 7) is 0. The molecule has 1 heterocycles. The van der Waals surface area contributed by atoms with Crippen molar-refractivity contribution < 1.29 is 14.4 Å². The molecular formula is C21H19ClN5O3PS. The van der Waals surface area contributed by atoms with Crippen molar-refractivity contribution in [3.63, 3.8) is 0 Å². The number of carbonyl (C=O) groups is 3. The number of anilines is 2. The SMILES string of the molecule is C=PC(=O)NC(Cc1cccc(Cl)c1)C(=O)Nc1ccc(-c2csc(N)n2)cc1C(N)=O. The van der Waals surface area contributed by atoms with Gasteiger partial charge in [-0.25, -0.2) is 4.98 Å². The first-order chi connectivity index (χ1) is 15.3. The number of hydrogen-bond acceptors (Lipinski definition) is 6. The quantitative estimate of drug-likeness (QED) is 0.358. The monoisotopic (exact) mass is 487 g/mol. The second-order valence-corrected chi connectivity index (χ2v) is 8.73. The number of primary amides is 1. The van der Waals surface area contributed by atoms with Gasteiger partial charge in [0.1, 0.15) is 6.04 Å². The third kappa shape index (κ3) is 5.91. The summed E-state index contributed by atoms with van der Waals surface area (Å²) in [7, 11) is 0.214. The topological polar surface area (TPSA) is 140 Å². The fraction of sp³-hybridized carbons (Fsp3) is 0.0952. The van der Waals surface area contributed by atoms with Gasteiger partial charge in [0, 0.05) is 22.4 Å². The maximum Gasteiger partial charge on any atom is 0.269 e. The molecule has 0 bridgehead atoms. The van der Waals surface area contributed by atoms with E-state index in [-0.39, 0.29) is 25.9 Å². The molecule has 3 amide bonds. The van der Waals surface area contributed by atoms with E-state index in [0.717, 1.165) is 5.56 Å². The Morgan fingerprint density at radius 2 is 2.00 bits per heavy atom. The standard InChI is InChI=1S/C21H19ClN5O3PS/c1-31-21(30)27-16(8-11-3-2-4-13(22)7-11)19(29)25-15-6-5-12(9-14(15)18(23)28)17-10-32-20(24)26-17/h2-7,9-10,16H,1,8H2,(H2,23,28)(H2,24,26)(H,25,29)(H,27,30).